The number of hydrogen-bond donors (Lipinski definition) is 2. The van der Waals surface area contributed by atoms with Crippen LogP contribution < -0.4 is 10.6 Å². The molecule has 1 spiro atoms. The summed E-state index contributed by atoms with van der Waals surface area (Å²) >= 11 is 0. The Morgan fingerprint density at radius 3 is 2.78 bits per heavy atom. The van der Waals surface area contributed by atoms with Gasteiger partial charge in [0.05, 0.1) is 11.2 Å². The Bertz CT molecular complexity index is 441. The quantitative estimate of drug-likeness (QED) is 0.803. The van der Waals surface area contributed by atoms with Gasteiger partial charge >= 0.3 is 0 Å². The summed E-state index contributed by atoms with van der Waals surface area (Å²) in [7, 11) is 2.03. The maximum absolute atomic E-state index is 4.49. The van der Waals surface area contributed by atoms with Crippen LogP contribution in [0.4, 0.5) is 11.5 Å². The normalized spacial score (nSPS) is 30.7. The van der Waals surface area contributed by atoms with Gasteiger partial charge in [0.2, 0.25) is 0 Å². The van der Waals surface area contributed by atoms with E-state index in [1.54, 1.807) is 0 Å². The van der Waals surface area contributed by atoms with Crippen LogP contribution in [0.5, 0.6) is 0 Å². The van der Waals surface area contributed by atoms with Crippen LogP contribution in [0.1, 0.15) is 44.7 Å². The summed E-state index contributed by atoms with van der Waals surface area (Å²) in [6.07, 6.45) is 6.61. The van der Waals surface area contributed by atoms with Crippen LogP contribution in [0.3, 0.4) is 0 Å². The molecule has 0 unspecified atom stereocenters. The molecule has 1 aliphatic carbocycles. The van der Waals surface area contributed by atoms with Crippen molar-refractivity contribution in [3.05, 3.63) is 5.69 Å². The number of nitrogens with one attached hydrogen (secondary N) is 2. The predicted molar refractivity (Wildman–Crippen MR) is 75.0 cm³/mol. The lowest BCUT2D eigenvalue weighted by atomic mass is 9.75. The standard InChI is InChI=1S/C14H24N4/c1-4-11-5-7-14(8-6-11)9-15-12-10(2)17-18(3)13(12)16-14/h11,15-16H,4-9H2,1-3H3. The van der Waals surface area contributed by atoms with E-state index in [0.29, 0.717) is 0 Å². The topological polar surface area (TPSA) is 41.9 Å². The van der Waals surface area contributed by atoms with Crippen molar-refractivity contribution >= 4 is 11.5 Å². The summed E-state index contributed by atoms with van der Waals surface area (Å²) in [5.41, 5.74) is 2.55. The smallest absolute Gasteiger partial charge is 0.148 e. The summed E-state index contributed by atoms with van der Waals surface area (Å²) in [5.74, 6) is 2.11. The van der Waals surface area contributed by atoms with Gasteiger partial charge in [0, 0.05) is 13.6 Å². The maximum atomic E-state index is 4.49. The summed E-state index contributed by atoms with van der Waals surface area (Å²) in [6, 6.07) is 0. The highest BCUT2D eigenvalue weighted by Crippen LogP contribution is 2.41. The third kappa shape index (κ3) is 1.78. The second-order valence-corrected chi connectivity index (χ2v) is 6.04. The van der Waals surface area contributed by atoms with Gasteiger partial charge in [-0.25, -0.2) is 0 Å². The first-order chi connectivity index (χ1) is 8.63. The molecule has 0 radical (unpaired) electrons. The molecule has 1 aliphatic heterocycles. The van der Waals surface area contributed by atoms with Gasteiger partial charge in [0.25, 0.3) is 0 Å². The molecule has 2 aliphatic rings. The second-order valence-electron chi connectivity index (χ2n) is 6.04. The summed E-state index contributed by atoms with van der Waals surface area (Å²) < 4.78 is 1.98. The van der Waals surface area contributed by atoms with Crippen molar-refractivity contribution in [2.24, 2.45) is 13.0 Å². The first-order valence-electron chi connectivity index (χ1n) is 7.19. The molecular formula is C14H24N4. The Balaban J connectivity index is 1.80. The number of aryl methyl sites for hydroxylation is 2. The van der Waals surface area contributed by atoms with E-state index in [1.807, 2.05) is 11.7 Å². The number of hydrogen-bond acceptors (Lipinski definition) is 3. The molecule has 100 valence electrons. The Morgan fingerprint density at radius 2 is 2.11 bits per heavy atom. The van der Waals surface area contributed by atoms with E-state index in [4.69, 9.17) is 0 Å². The molecule has 0 amide bonds. The van der Waals surface area contributed by atoms with Crippen molar-refractivity contribution < 1.29 is 0 Å². The predicted octanol–water partition coefficient (Wildman–Crippen LogP) is 2.90. The Morgan fingerprint density at radius 1 is 1.39 bits per heavy atom. The van der Waals surface area contributed by atoms with Gasteiger partial charge in [0.1, 0.15) is 11.5 Å². The van der Waals surface area contributed by atoms with E-state index in [2.05, 4.69) is 29.6 Å². The molecule has 0 bridgehead atoms. The summed E-state index contributed by atoms with van der Waals surface area (Å²) in [6.45, 7) is 5.43. The molecule has 1 aromatic rings. The van der Waals surface area contributed by atoms with Gasteiger partial charge in [-0.2, -0.15) is 5.10 Å². The van der Waals surface area contributed by atoms with E-state index in [1.165, 1.54) is 43.6 Å². The fourth-order valence-corrected chi connectivity index (χ4v) is 3.51. The molecule has 0 saturated heterocycles. The van der Waals surface area contributed by atoms with Crippen molar-refractivity contribution in [3.8, 4) is 0 Å². The summed E-state index contributed by atoms with van der Waals surface area (Å²) in [4.78, 5) is 0. The number of fused-ring (bicyclic) bond motifs is 1. The van der Waals surface area contributed by atoms with Gasteiger partial charge in [0.15, 0.2) is 0 Å². The number of nitrogens with zero attached hydrogens (tertiary/aromatic N) is 2. The third-order valence-electron chi connectivity index (χ3n) is 4.85. The van der Waals surface area contributed by atoms with Gasteiger partial charge < -0.3 is 10.6 Å². The zero-order valence-electron chi connectivity index (χ0n) is 11.7. The fourth-order valence-electron chi connectivity index (χ4n) is 3.51. The zero-order valence-corrected chi connectivity index (χ0v) is 11.7. The Labute approximate surface area is 109 Å². The van der Waals surface area contributed by atoms with Crippen molar-refractivity contribution in [2.45, 2.75) is 51.5 Å². The Hall–Kier alpha value is -1.19. The van der Waals surface area contributed by atoms with Crippen LogP contribution in [0, 0.1) is 12.8 Å². The van der Waals surface area contributed by atoms with Gasteiger partial charge in [-0.15, -0.1) is 0 Å². The lowest BCUT2D eigenvalue weighted by Gasteiger charge is -2.44. The van der Waals surface area contributed by atoms with Crippen LogP contribution in [0.15, 0.2) is 0 Å². The van der Waals surface area contributed by atoms with Crippen LogP contribution in [0.2, 0.25) is 0 Å². The van der Waals surface area contributed by atoms with Crippen LogP contribution in [0.25, 0.3) is 0 Å². The largest absolute Gasteiger partial charge is 0.378 e. The minimum atomic E-state index is 0.263. The molecule has 0 atom stereocenters. The van der Waals surface area contributed by atoms with E-state index in [9.17, 15) is 0 Å². The summed E-state index contributed by atoms with van der Waals surface area (Å²) in [5, 5.41) is 11.9. The SMILES string of the molecule is CCC1CCC2(CC1)CNc1c(C)nn(C)c1N2. The van der Waals surface area contributed by atoms with Gasteiger partial charge in [-0.3, -0.25) is 4.68 Å². The van der Waals surface area contributed by atoms with Crippen LogP contribution in [-0.2, 0) is 7.05 Å². The molecule has 3 rings (SSSR count). The number of rotatable bonds is 1. The molecule has 2 N–H and O–H groups in total. The van der Waals surface area contributed by atoms with Crippen molar-refractivity contribution in [1.29, 1.82) is 0 Å². The van der Waals surface area contributed by atoms with Gasteiger partial charge in [-0.1, -0.05) is 13.3 Å². The van der Waals surface area contributed by atoms with Crippen molar-refractivity contribution in [1.82, 2.24) is 9.78 Å². The molecule has 4 heteroatoms. The lowest BCUT2D eigenvalue weighted by molar-refractivity contribution is 0.254. The first-order valence-corrected chi connectivity index (χ1v) is 7.19. The number of anilines is 2. The van der Waals surface area contributed by atoms with Crippen LogP contribution in [-0.4, -0.2) is 21.9 Å². The maximum Gasteiger partial charge on any atom is 0.148 e. The highest BCUT2D eigenvalue weighted by atomic mass is 15.4. The molecule has 2 heterocycles. The minimum Gasteiger partial charge on any atom is -0.378 e. The average molecular weight is 248 g/mol. The lowest BCUT2D eigenvalue weighted by Crippen LogP contribution is -2.50. The monoisotopic (exact) mass is 248 g/mol. The van der Waals surface area contributed by atoms with Gasteiger partial charge in [-0.05, 0) is 38.5 Å². The Kier molecular flexibility index (Phi) is 2.76. The van der Waals surface area contributed by atoms with E-state index < -0.39 is 0 Å². The highest BCUT2D eigenvalue weighted by Gasteiger charge is 2.39. The molecule has 1 fully saturated rings. The molecular weight excluding hydrogens is 224 g/mol. The minimum absolute atomic E-state index is 0.263. The zero-order chi connectivity index (χ0) is 12.8. The van der Waals surface area contributed by atoms with Crippen molar-refractivity contribution in [2.75, 3.05) is 17.2 Å². The average Bonchev–Trinajstić information content (AvgIpc) is 2.65. The van der Waals surface area contributed by atoms with E-state index in [0.717, 1.165) is 18.2 Å². The molecule has 0 aromatic carbocycles. The second kappa shape index (κ2) is 4.18. The number of aromatic nitrogens is 2. The molecule has 1 saturated carbocycles. The van der Waals surface area contributed by atoms with Crippen molar-refractivity contribution in [3.63, 3.8) is 0 Å². The van der Waals surface area contributed by atoms with E-state index in [-0.39, 0.29) is 5.54 Å². The highest BCUT2D eigenvalue weighted by molar-refractivity contribution is 5.71. The molecule has 1 aromatic heterocycles. The third-order valence-corrected chi connectivity index (χ3v) is 4.85. The molecule has 18 heavy (non-hydrogen) atoms. The van der Waals surface area contributed by atoms with Crippen LogP contribution >= 0.6 is 0 Å². The fraction of sp³-hybridized carbons (Fsp3) is 0.786. The first kappa shape index (κ1) is 11.9. The van der Waals surface area contributed by atoms with E-state index >= 15 is 0 Å². The molecule has 4 nitrogen and oxygen atoms in total.